The first-order valence-electron chi connectivity index (χ1n) is 8.22. The third kappa shape index (κ3) is 6.32. The van der Waals surface area contributed by atoms with Gasteiger partial charge < -0.3 is 5.32 Å². The van der Waals surface area contributed by atoms with Crippen molar-refractivity contribution < 1.29 is 0 Å². The number of para-hydroxylation sites is 1. The highest BCUT2D eigenvalue weighted by Gasteiger charge is 1.95. The Balaban J connectivity index is 1.84. The van der Waals surface area contributed by atoms with Crippen LogP contribution in [-0.2, 0) is 0 Å². The average Bonchev–Trinajstić information content (AvgIpc) is 2.59. The van der Waals surface area contributed by atoms with Crippen molar-refractivity contribution in [3.8, 4) is 5.69 Å². The molecule has 0 spiro atoms. The molecule has 0 aliphatic heterocycles. The van der Waals surface area contributed by atoms with Crippen LogP contribution in [0.5, 0.6) is 0 Å². The first-order chi connectivity index (χ1) is 11.3. The van der Waals surface area contributed by atoms with E-state index in [0.717, 1.165) is 24.0 Å². The van der Waals surface area contributed by atoms with E-state index in [-0.39, 0.29) is 0 Å². The lowest BCUT2D eigenvalue weighted by molar-refractivity contribution is 0.624. The van der Waals surface area contributed by atoms with Crippen LogP contribution in [0.4, 0.5) is 0 Å². The van der Waals surface area contributed by atoms with Crippen molar-refractivity contribution in [1.29, 1.82) is 0 Å². The molecule has 122 valence electrons. The number of benzene rings is 1. The summed E-state index contributed by atoms with van der Waals surface area (Å²) >= 11 is 5.25. The lowest BCUT2D eigenvalue weighted by atomic mass is 10.1. The molecule has 0 atom stereocenters. The van der Waals surface area contributed by atoms with Crippen LogP contribution in [0.3, 0.4) is 0 Å². The zero-order valence-corrected chi connectivity index (χ0v) is 14.4. The van der Waals surface area contributed by atoms with Gasteiger partial charge in [-0.3, -0.25) is 0 Å². The SMILES string of the molecule is CCCCCCCNC(=S)/N=c1/ccn(-c2ccccc2)nc1. The number of hydrogen-bond acceptors (Lipinski definition) is 2. The van der Waals surface area contributed by atoms with Gasteiger partial charge in [-0.1, -0.05) is 50.8 Å². The molecule has 0 saturated carbocycles. The van der Waals surface area contributed by atoms with Gasteiger partial charge in [0, 0.05) is 12.7 Å². The first-order valence-corrected chi connectivity index (χ1v) is 8.63. The minimum Gasteiger partial charge on any atom is -0.361 e. The van der Waals surface area contributed by atoms with Crippen LogP contribution in [0.25, 0.3) is 5.69 Å². The quantitative estimate of drug-likeness (QED) is 0.623. The highest BCUT2D eigenvalue weighted by molar-refractivity contribution is 7.80. The second-order valence-electron chi connectivity index (χ2n) is 5.42. The molecule has 0 bridgehead atoms. The molecule has 0 amide bonds. The van der Waals surface area contributed by atoms with Gasteiger partial charge in [0.1, 0.15) is 0 Å². The fourth-order valence-electron chi connectivity index (χ4n) is 2.23. The van der Waals surface area contributed by atoms with E-state index < -0.39 is 0 Å². The standard InChI is InChI=1S/C18H24N4S/c1-2-3-4-5-9-13-19-18(23)21-16-12-14-22(20-15-16)17-10-7-6-8-11-17/h6-8,10-12,14-15H,2-5,9,13H2,1H3,(H,19,23)/b21-16-. The highest BCUT2D eigenvalue weighted by atomic mass is 32.1. The smallest absolute Gasteiger partial charge is 0.193 e. The maximum Gasteiger partial charge on any atom is 0.193 e. The predicted octanol–water partition coefficient (Wildman–Crippen LogP) is 3.62. The van der Waals surface area contributed by atoms with Crippen molar-refractivity contribution in [2.24, 2.45) is 4.99 Å². The Morgan fingerprint density at radius 3 is 2.61 bits per heavy atom. The van der Waals surface area contributed by atoms with Gasteiger partial charge in [-0.25, -0.2) is 9.67 Å². The van der Waals surface area contributed by atoms with Gasteiger partial charge in [0.15, 0.2) is 5.11 Å². The molecule has 1 aromatic heterocycles. The highest BCUT2D eigenvalue weighted by Crippen LogP contribution is 2.02. The number of unbranched alkanes of at least 4 members (excludes halogenated alkanes) is 4. The Kier molecular flexibility index (Phi) is 7.46. The predicted molar refractivity (Wildman–Crippen MR) is 98.5 cm³/mol. The lowest BCUT2D eigenvalue weighted by Crippen LogP contribution is -2.23. The molecule has 5 heteroatoms. The van der Waals surface area contributed by atoms with Crippen molar-refractivity contribution in [3.63, 3.8) is 0 Å². The van der Waals surface area contributed by atoms with Crippen molar-refractivity contribution in [2.45, 2.75) is 39.0 Å². The molecule has 0 unspecified atom stereocenters. The number of nitrogens with one attached hydrogen (secondary N) is 1. The molecular weight excluding hydrogens is 304 g/mol. The summed E-state index contributed by atoms with van der Waals surface area (Å²) in [5.41, 5.74) is 1.02. The molecule has 0 aliphatic rings. The molecule has 0 fully saturated rings. The van der Waals surface area contributed by atoms with E-state index in [4.69, 9.17) is 12.2 Å². The van der Waals surface area contributed by atoms with Gasteiger partial charge in [-0.05, 0) is 36.8 Å². The fraction of sp³-hybridized carbons (Fsp3) is 0.389. The third-order valence-corrected chi connectivity index (χ3v) is 3.74. The van der Waals surface area contributed by atoms with Crippen LogP contribution >= 0.6 is 12.2 Å². The zero-order chi connectivity index (χ0) is 16.3. The summed E-state index contributed by atoms with van der Waals surface area (Å²) in [4.78, 5) is 4.37. The maximum atomic E-state index is 5.25. The summed E-state index contributed by atoms with van der Waals surface area (Å²) in [7, 11) is 0. The van der Waals surface area contributed by atoms with Gasteiger partial charge in [0.05, 0.1) is 17.2 Å². The first kappa shape index (κ1) is 17.3. The summed E-state index contributed by atoms with van der Waals surface area (Å²) in [6.45, 7) is 3.11. The molecule has 1 heterocycles. The van der Waals surface area contributed by atoms with Gasteiger partial charge in [0.25, 0.3) is 0 Å². The molecular formula is C18H24N4S. The molecule has 23 heavy (non-hydrogen) atoms. The maximum absolute atomic E-state index is 5.25. The van der Waals surface area contributed by atoms with Crippen LogP contribution in [0.1, 0.15) is 39.0 Å². The summed E-state index contributed by atoms with van der Waals surface area (Å²) in [6, 6.07) is 11.9. The second-order valence-corrected chi connectivity index (χ2v) is 5.81. The van der Waals surface area contributed by atoms with E-state index in [9.17, 15) is 0 Å². The minimum absolute atomic E-state index is 0.528. The van der Waals surface area contributed by atoms with Crippen molar-refractivity contribution in [2.75, 3.05) is 6.54 Å². The summed E-state index contributed by atoms with van der Waals surface area (Å²) in [5, 5.41) is 8.84. The third-order valence-electron chi connectivity index (χ3n) is 3.51. The topological polar surface area (TPSA) is 42.2 Å². The Morgan fingerprint density at radius 2 is 1.91 bits per heavy atom. The van der Waals surface area contributed by atoms with E-state index in [0.29, 0.717) is 5.11 Å². The molecule has 0 aliphatic carbocycles. The molecule has 1 N–H and O–H groups in total. The van der Waals surface area contributed by atoms with Gasteiger partial charge >= 0.3 is 0 Å². The second kappa shape index (κ2) is 9.90. The lowest BCUT2D eigenvalue weighted by Gasteiger charge is -2.05. The summed E-state index contributed by atoms with van der Waals surface area (Å²) < 4.78 is 1.81. The Morgan fingerprint density at radius 1 is 1.13 bits per heavy atom. The largest absolute Gasteiger partial charge is 0.361 e. The molecule has 0 saturated heterocycles. The molecule has 2 rings (SSSR count). The number of hydrogen-bond donors (Lipinski definition) is 1. The van der Waals surface area contributed by atoms with E-state index in [1.165, 1.54) is 25.7 Å². The fourth-order valence-corrected chi connectivity index (χ4v) is 2.44. The monoisotopic (exact) mass is 328 g/mol. The van der Waals surface area contributed by atoms with E-state index in [1.54, 1.807) is 6.20 Å². The minimum atomic E-state index is 0.528. The number of nitrogens with zero attached hydrogens (tertiary/aromatic N) is 3. The van der Waals surface area contributed by atoms with E-state index in [2.05, 4.69) is 22.3 Å². The molecule has 2 aromatic rings. The van der Waals surface area contributed by atoms with E-state index >= 15 is 0 Å². The van der Waals surface area contributed by atoms with Crippen LogP contribution in [0.15, 0.2) is 53.8 Å². The van der Waals surface area contributed by atoms with Gasteiger partial charge in [0.2, 0.25) is 0 Å². The van der Waals surface area contributed by atoms with Crippen LogP contribution in [0, 0.1) is 0 Å². The van der Waals surface area contributed by atoms with E-state index in [1.807, 2.05) is 47.3 Å². The average molecular weight is 328 g/mol. The van der Waals surface area contributed by atoms with Crippen molar-refractivity contribution in [1.82, 2.24) is 15.1 Å². The Labute approximate surface area is 143 Å². The molecule has 0 radical (unpaired) electrons. The Hall–Kier alpha value is -2.01. The van der Waals surface area contributed by atoms with Crippen LogP contribution in [-0.4, -0.2) is 21.4 Å². The normalized spacial score (nSPS) is 11.4. The van der Waals surface area contributed by atoms with Crippen LogP contribution < -0.4 is 10.7 Å². The van der Waals surface area contributed by atoms with Gasteiger partial charge in [-0.2, -0.15) is 5.10 Å². The summed E-state index contributed by atoms with van der Waals surface area (Å²) in [6.07, 6.45) is 9.87. The molecule has 1 aromatic carbocycles. The summed E-state index contributed by atoms with van der Waals surface area (Å²) in [5.74, 6) is 0. The number of rotatable bonds is 7. The Bertz CT molecular complexity index is 644. The number of thiocarbonyl (C=S) groups is 1. The van der Waals surface area contributed by atoms with Crippen molar-refractivity contribution >= 4 is 17.3 Å². The van der Waals surface area contributed by atoms with Gasteiger partial charge in [-0.15, -0.1) is 0 Å². The van der Waals surface area contributed by atoms with Crippen molar-refractivity contribution in [3.05, 3.63) is 54.1 Å². The van der Waals surface area contributed by atoms with Crippen LogP contribution in [0.2, 0.25) is 0 Å². The zero-order valence-electron chi connectivity index (χ0n) is 13.6. The number of aromatic nitrogens is 2. The molecule has 4 nitrogen and oxygen atoms in total.